The van der Waals surface area contributed by atoms with Gasteiger partial charge in [-0.2, -0.15) is 0 Å². The Morgan fingerprint density at radius 2 is 1.35 bits per heavy atom. The third-order valence-electron chi connectivity index (χ3n) is 4.65. The van der Waals surface area contributed by atoms with Gasteiger partial charge < -0.3 is 4.90 Å². The van der Waals surface area contributed by atoms with Crippen LogP contribution in [-0.4, -0.2) is 25.0 Å². The lowest BCUT2D eigenvalue weighted by molar-refractivity contribution is 0.146. The van der Waals surface area contributed by atoms with Crippen molar-refractivity contribution in [2.24, 2.45) is 11.3 Å². The quantitative estimate of drug-likeness (QED) is 0.389. The molecule has 20 heavy (non-hydrogen) atoms. The van der Waals surface area contributed by atoms with Crippen LogP contribution in [0.4, 0.5) is 0 Å². The number of rotatable bonds is 12. The molecule has 0 aromatic rings. The predicted molar refractivity (Wildman–Crippen MR) is 93.3 cm³/mol. The van der Waals surface area contributed by atoms with E-state index in [1.165, 1.54) is 57.8 Å². The summed E-state index contributed by atoms with van der Waals surface area (Å²) in [6.07, 6.45) is 12.7. The standard InChI is InChI=1S/C19H41N/c1-8-9-10-11-12-13-14-15-19(4,5)16-18(17(2)3)20(6)7/h17-18H,8-16H2,1-7H3/t18-/m1/s1. The minimum Gasteiger partial charge on any atom is -0.306 e. The lowest BCUT2D eigenvalue weighted by Crippen LogP contribution is -2.37. The molecule has 0 bridgehead atoms. The highest BCUT2D eigenvalue weighted by molar-refractivity contribution is 4.79. The van der Waals surface area contributed by atoms with Crippen LogP contribution in [0.15, 0.2) is 0 Å². The summed E-state index contributed by atoms with van der Waals surface area (Å²) in [6.45, 7) is 11.9. The van der Waals surface area contributed by atoms with Gasteiger partial charge in [0.05, 0.1) is 0 Å². The molecule has 122 valence electrons. The second-order valence-electron chi connectivity index (χ2n) is 8.01. The molecule has 0 fully saturated rings. The zero-order valence-electron chi connectivity index (χ0n) is 15.5. The highest BCUT2D eigenvalue weighted by atomic mass is 15.1. The molecule has 0 unspecified atom stereocenters. The van der Waals surface area contributed by atoms with Crippen LogP contribution in [0.1, 0.15) is 92.4 Å². The van der Waals surface area contributed by atoms with Gasteiger partial charge in [0, 0.05) is 6.04 Å². The van der Waals surface area contributed by atoms with E-state index in [0.717, 1.165) is 12.0 Å². The second-order valence-corrected chi connectivity index (χ2v) is 8.01. The lowest BCUT2D eigenvalue weighted by Gasteiger charge is -2.36. The summed E-state index contributed by atoms with van der Waals surface area (Å²) < 4.78 is 0. The van der Waals surface area contributed by atoms with E-state index in [1.807, 2.05) is 0 Å². The van der Waals surface area contributed by atoms with Crippen LogP contribution in [0.25, 0.3) is 0 Å². The highest BCUT2D eigenvalue weighted by Gasteiger charge is 2.26. The van der Waals surface area contributed by atoms with Crippen molar-refractivity contribution in [3.63, 3.8) is 0 Å². The van der Waals surface area contributed by atoms with E-state index >= 15 is 0 Å². The molecule has 1 nitrogen and oxygen atoms in total. The number of hydrogen-bond acceptors (Lipinski definition) is 1. The summed E-state index contributed by atoms with van der Waals surface area (Å²) >= 11 is 0. The Morgan fingerprint density at radius 3 is 1.80 bits per heavy atom. The van der Waals surface area contributed by atoms with E-state index in [2.05, 4.69) is 53.6 Å². The molecule has 0 aliphatic heterocycles. The van der Waals surface area contributed by atoms with Gasteiger partial charge in [0.15, 0.2) is 0 Å². The molecule has 0 saturated heterocycles. The zero-order valence-corrected chi connectivity index (χ0v) is 15.5. The topological polar surface area (TPSA) is 3.24 Å². The second kappa shape index (κ2) is 10.7. The van der Waals surface area contributed by atoms with Gasteiger partial charge in [0.1, 0.15) is 0 Å². The summed E-state index contributed by atoms with van der Waals surface area (Å²) in [5.41, 5.74) is 0.489. The Morgan fingerprint density at radius 1 is 0.850 bits per heavy atom. The number of hydrogen-bond donors (Lipinski definition) is 0. The first-order chi connectivity index (χ1) is 9.30. The fraction of sp³-hybridized carbons (Fsp3) is 1.00. The van der Waals surface area contributed by atoms with Crippen molar-refractivity contribution in [3.8, 4) is 0 Å². The molecule has 1 atom stereocenters. The van der Waals surface area contributed by atoms with Crippen molar-refractivity contribution < 1.29 is 0 Å². The maximum absolute atomic E-state index is 2.46. The largest absolute Gasteiger partial charge is 0.306 e. The average Bonchev–Trinajstić information content (AvgIpc) is 2.34. The van der Waals surface area contributed by atoms with Crippen molar-refractivity contribution in [3.05, 3.63) is 0 Å². The first-order valence-electron chi connectivity index (χ1n) is 8.96. The van der Waals surface area contributed by atoms with E-state index in [-0.39, 0.29) is 0 Å². The van der Waals surface area contributed by atoms with Crippen molar-refractivity contribution in [1.29, 1.82) is 0 Å². The van der Waals surface area contributed by atoms with Crippen LogP contribution in [-0.2, 0) is 0 Å². The van der Waals surface area contributed by atoms with Gasteiger partial charge in [-0.05, 0) is 38.3 Å². The molecule has 0 spiro atoms. The Balaban J connectivity index is 3.88. The zero-order chi connectivity index (χ0) is 15.6. The maximum atomic E-state index is 2.46. The average molecular weight is 284 g/mol. The molecule has 0 heterocycles. The summed E-state index contributed by atoms with van der Waals surface area (Å²) in [4.78, 5) is 2.41. The van der Waals surface area contributed by atoms with E-state index < -0.39 is 0 Å². The molecule has 0 aromatic heterocycles. The SMILES string of the molecule is CCCCCCCCCC(C)(C)C[C@H](C(C)C)N(C)C. The smallest absolute Gasteiger partial charge is 0.0117 e. The van der Waals surface area contributed by atoms with Gasteiger partial charge in [-0.3, -0.25) is 0 Å². The Bertz CT molecular complexity index is 210. The molecule has 0 saturated carbocycles. The van der Waals surface area contributed by atoms with E-state index in [0.29, 0.717) is 5.41 Å². The summed E-state index contributed by atoms with van der Waals surface area (Å²) in [5, 5.41) is 0. The monoisotopic (exact) mass is 283 g/mol. The van der Waals surface area contributed by atoms with Crippen LogP contribution >= 0.6 is 0 Å². The molecule has 0 N–H and O–H groups in total. The molecule has 0 radical (unpaired) electrons. The van der Waals surface area contributed by atoms with Crippen LogP contribution in [0.3, 0.4) is 0 Å². The minimum absolute atomic E-state index is 0.489. The van der Waals surface area contributed by atoms with Gasteiger partial charge in [0.25, 0.3) is 0 Å². The van der Waals surface area contributed by atoms with Crippen LogP contribution in [0, 0.1) is 11.3 Å². The fourth-order valence-corrected chi connectivity index (χ4v) is 3.24. The van der Waals surface area contributed by atoms with Crippen molar-refractivity contribution in [2.45, 2.75) is 98.4 Å². The van der Waals surface area contributed by atoms with Crippen LogP contribution in [0.5, 0.6) is 0 Å². The van der Waals surface area contributed by atoms with Gasteiger partial charge in [0.2, 0.25) is 0 Å². The van der Waals surface area contributed by atoms with E-state index in [1.54, 1.807) is 0 Å². The van der Waals surface area contributed by atoms with Crippen molar-refractivity contribution in [1.82, 2.24) is 4.90 Å². The Kier molecular flexibility index (Phi) is 10.6. The Labute approximate surface area is 129 Å². The van der Waals surface area contributed by atoms with Crippen molar-refractivity contribution >= 4 is 0 Å². The minimum atomic E-state index is 0.489. The number of nitrogens with zero attached hydrogens (tertiary/aromatic N) is 1. The first kappa shape index (κ1) is 20.0. The van der Waals surface area contributed by atoms with Gasteiger partial charge in [-0.1, -0.05) is 79.6 Å². The molecule has 0 aliphatic rings. The Hall–Kier alpha value is -0.0400. The van der Waals surface area contributed by atoms with Gasteiger partial charge in [-0.25, -0.2) is 0 Å². The third kappa shape index (κ3) is 9.80. The molecule has 0 rings (SSSR count). The van der Waals surface area contributed by atoms with E-state index in [4.69, 9.17) is 0 Å². The van der Waals surface area contributed by atoms with Crippen molar-refractivity contribution in [2.75, 3.05) is 14.1 Å². The fourth-order valence-electron chi connectivity index (χ4n) is 3.24. The normalized spacial score (nSPS) is 14.2. The summed E-state index contributed by atoms with van der Waals surface area (Å²) in [7, 11) is 4.46. The molecule has 0 aromatic carbocycles. The van der Waals surface area contributed by atoms with Gasteiger partial charge >= 0.3 is 0 Å². The lowest BCUT2D eigenvalue weighted by atomic mass is 9.78. The van der Waals surface area contributed by atoms with Gasteiger partial charge in [-0.15, -0.1) is 0 Å². The predicted octanol–water partition coefficient (Wildman–Crippen LogP) is 6.13. The highest BCUT2D eigenvalue weighted by Crippen LogP contribution is 2.32. The summed E-state index contributed by atoms with van der Waals surface area (Å²) in [5.74, 6) is 0.748. The van der Waals surface area contributed by atoms with E-state index in [9.17, 15) is 0 Å². The molecule has 1 heteroatoms. The van der Waals surface area contributed by atoms with Crippen LogP contribution in [0.2, 0.25) is 0 Å². The number of unbranched alkanes of at least 4 members (excludes halogenated alkanes) is 6. The summed E-state index contributed by atoms with van der Waals surface area (Å²) in [6, 6.07) is 0.717. The maximum Gasteiger partial charge on any atom is 0.0117 e. The molecule has 0 amide bonds. The third-order valence-corrected chi connectivity index (χ3v) is 4.65. The van der Waals surface area contributed by atoms with Crippen LogP contribution < -0.4 is 0 Å². The molecular weight excluding hydrogens is 242 g/mol. The molecule has 0 aliphatic carbocycles. The molecular formula is C19H41N. The first-order valence-corrected chi connectivity index (χ1v) is 8.96.